The molecule has 0 aliphatic heterocycles. The summed E-state index contributed by atoms with van der Waals surface area (Å²) in [5, 5.41) is 11.1. The Kier molecular flexibility index (Phi) is 7.89. The van der Waals surface area contributed by atoms with Crippen molar-refractivity contribution in [3.8, 4) is 0 Å². The third kappa shape index (κ3) is 8.25. The van der Waals surface area contributed by atoms with E-state index in [0.29, 0.717) is 6.42 Å². The van der Waals surface area contributed by atoms with Crippen LogP contribution >= 0.6 is 0 Å². The zero-order valence-electron chi connectivity index (χ0n) is 12.0. The highest BCUT2D eigenvalue weighted by Crippen LogP contribution is 1.99. The van der Waals surface area contributed by atoms with Crippen molar-refractivity contribution in [1.29, 1.82) is 0 Å². The fourth-order valence-electron chi connectivity index (χ4n) is 1.49. The number of carbonyl (C=O) groups excluding carboxylic acids is 2. The van der Waals surface area contributed by atoms with Gasteiger partial charge in [-0.15, -0.1) is 0 Å². The molecule has 0 rings (SSSR count). The van der Waals surface area contributed by atoms with Crippen LogP contribution in [0.15, 0.2) is 0 Å². The summed E-state index contributed by atoms with van der Waals surface area (Å²) in [5.41, 5.74) is 4.91. The summed E-state index contributed by atoms with van der Waals surface area (Å²) in [7, 11) is -3.59. The number of hydrogen-bond donors (Lipinski definition) is 4. The van der Waals surface area contributed by atoms with Crippen LogP contribution in [0.3, 0.4) is 0 Å². The van der Waals surface area contributed by atoms with E-state index in [2.05, 4.69) is 10.0 Å². The average molecular weight is 323 g/mol. The zero-order valence-corrected chi connectivity index (χ0v) is 12.8. The van der Waals surface area contributed by atoms with Crippen LogP contribution < -0.4 is 15.8 Å². The molecule has 0 spiro atoms. The fraction of sp³-hybridized carbons (Fsp3) is 0.727. The van der Waals surface area contributed by atoms with Gasteiger partial charge in [0.15, 0.2) is 0 Å². The minimum Gasteiger partial charge on any atom is -0.480 e. The molecule has 0 bridgehead atoms. The van der Waals surface area contributed by atoms with Gasteiger partial charge in [0.2, 0.25) is 21.8 Å². The minimum absolute atomic E-state index is 0.130. The van der Waals surface area contributed by atoms with Crippen LogP contribution in [0.5, 0.6) is 0 Å². The monoisotopic (exact) mass is 323 g/mol. The van der Waals surface area contributed by atoms with E-state index in [1.54, 1.807) is 6.92 Å². The average Bonchev–Trinajstić information content (AvgIpc) is 2.32. The summed E-state index contributed by atoms with van der Waals surface area (Å²) in [4.78, 5) is 33.3. The Morgan fingerprint density at radius 3 is 2.29 bits per heavy atom. The van der Waals surface area contributed by atoms with Crippen molar-refractivity contribution in [2.45, 2.75) is 45.2 Å². The van der Waals surface area contributed by atoms with Gasteiger partial charge >= 0.3 is 5.97 Å². The smallest absolute Gasteiger partial charge is 0.326 e. The molecule has 21 heavy (non-hydrogen) atoms. The van der Waals surface area contributed by atoms with E-state index in [4.69, 9.17) is 10.8 Å². The largest absolute Gasteiger partial charge is 0.480 e. The van der Waals surface area contributed by atoms with E-state index < -0.39 is 39.9 Å². The molecule has 10 heteroatoms. The predicted octanol–water partition coefficient (Wildman–Crippen LogP) is -1.46. The number of amides is 2. The van der Waals surface area contributed by atoms with Crippen LogP contribution in [0, 0.1) is 0 Å². The minimum atomic E-state index is -3.59. The predicted molar refractivity (Wildman–Crippen MR) is 74.7 cm³/mol. The maximum Gasteiger partial charge on any atom is 0.326 e. The third-order valence-electron chi connectivity index (χ3n) is 2.52. The van der Waals surface area contributed by atoms with Crippen LogP contribution in [0.1, 0.15) is 33.1 Å². The van der Waals surface area contributed by atoms with E-state index >= 15 is 0 Å². The first-order valence-corrected chi connectivity index (χ1v) is 8.05. The highest BCUT2D eigenvalue weighted by molar-refractivity contribution is 7.89. The van der Waals surface area contributed by atoms with Gasteiger partial charge in [0.25, 0.3) is 0 Å². The molecule has 0 aliphatic rings. The van der Waals surface area contributed by atoms with Crippen LogP contribution in [0.25, 0.3) is 0 Å². The lowest BCUT2D eigenvalue weighted by Crippen LogP contribution is -2.50. The third-order valence-corrected chi connectivity index (χ3v) is 4.17. The summed E-state index contributed by atoms with van der Waals surface area (Å²) in [6.45, 7) is 2.98. The number of sulfonamides is 1. The molecular weight excluding hydrogens is 302 g/mol. The molecule has 2 atom stereocenters. The molecule has 0 aromatic heterocycles. The molecule has 0 heterocycles. The first-order chi connectivity index (χ1) is 9.59. The topological polar surface area (TPSA) is 156 Å². The molecule has 122 valence electrons. The van der Waals surface area contributed by atoms with E-state index in [9.17, 15) is 22.8 Å². The van der Waals surface area contributed by atoms with Crippen LogP contribution in [-0.4, -0.2) is 49.1 Å². The Morgan fingerprint density at radius 2 is 1.86 bits per heavy atom. The number of rotatable bonds is 10. The number of carboxylic acids is 1. The number of primary amides is 1. The molecule has 0 aromatic carbocycles. The molecule has 0 saturated heterocycles. The lowest BCUT2D eigenvalue weighted by molar-refractivity contribution is -0.142. The van der Waals surface area contributed by atoms with Crippen molar-refractivity contribution in [3.63, 3.8) is 0 Å². The van der Waals surface area contributed by atoms with Crippen LogP contribution in [0.2, 0.25) is 0 Å². The molecule has 5 N–H and O–H groups in total. The fourth-order valence-corrected chi connectivity index (χ4v) is 2.79. The van der Waals surface area contributed by atoms with Crippen LogP contribution in [0.4, 0.5) is 0 Å². The van der Waals surface area contributed by atoms with Crippen molar-refractivity contribution in [2.24, 2.45) is 5.73 Å². The first-order valence-electron chi connectivity index (χ1n) is 6.40. The number of carboxylic acid groups (broad SMARTS) is 1. The van der Waals surface area contributed by atoms with Gasteiger partial charge in [0, 0.05) is 6.42 Å². The van der Waals surface area contributed by atoms with Crippen molar-refractivity contribution in [1.82, 2.24) is 10.0 Å². The van der Waals surface area contributed by atoms with Gasteiger partial charge in [-0.05, 0) is 19.8 Å². The molecule has 0 aliphatic carbocycles. The summed E-state index contributed by atoms with van der Waals surface area (Å²) in [6, 6.07) is -2.42. The summed E-state index contributed by atoms with van der Waals surface area (Å²) >= 11 is 0. The Morgan fingerprint density at radius 1 is 1.29 bits per heavy atom. The Hall–Kier alpha value is -1.68. The summed E-state index contributed by atoms with van der Waals surface area (Å²) in [6.07, 6.45) is 0.0259. The van der Waals surface area contributed by atoms with Gasteiger partial charge in [-0.3, -0.25) is 9.59 Å². The van der Waals surface area contributed by atoms with Gasteiger partial charge in [0.1, 0.15) is 6.04 Å². The number of nitrogens with two attached hydrogens (primary N) is 1. The lowest BCUT2D eigenvalue weighted by atomic mass is 10.1. The van der Waals surface area contributed by atoms with Crippen molar-refractivity contribution in [3.05, 3.63) is 0 Å². The van der Waals surface area contributed by atoms with Crippen LogP contribution in [-0.2, 0) is 24.4 Å². The quantitative estimate of drug-likeness (QED) is 0.385. The molecule has 2 amide bonds. The summed E-state index contributed by atoms with van der Waals surface area (Å²) in [5.74, 6) is -2.93. The molecule has 9 nitrogen and oxygen atoms in total. The Balaban J connectivity index is 4.61. The molecule has 0 aromatic rings. The number of aliphatic carboxylic acids is 1. The van der Waals surface area contributed by atoms with Gasteiger partial charge in [-0.1, -0.05) is 6.92 Å². The second-order valence-electron chi connectivity index (χ2n) is 4.56. The maximum absolute atomic E-state index is 11.8. The highest BCUT2D eigenvalue weighted by Gasteiger charge is 2.25. The SMILES string of the molecule is CCCS(=O)(=O)NC(C)C(=O)N[C@@H](CCC(N)=O)C(=O)O. The van der Waals surface area contributed by atoms with Gasteiger partial charge in [0.05, 0.1) is 11.8 Å². The normalized spacial score (nSPS) is 14.2. The first kappa shape index (κ1) is 19.3. The molecule has 0 saturated carbocycles. The number of hydrogen-bond acceptors (Lipinski definition) is 5. The standard InChI is InChI=1S/C11H21N3O6S/c1-3-6-21(19,20)14-7(2)10(16)13-8(11(17)18)4-5-9(12)15/h7-8,14H,3-6H2,1-2H3,(H2,12,15)(H,13,16)(H,17,18)/t7?,8-/m0/s1. The molecule has 0 radical (unpaired) electrons. The molecule has 1 unspecified atom stereocenters. The van der Waals surface area contributed by atoms with E-state index in [0.717, 1.165) is 0 Å². The zero-order chi connectivity index (χ0) is 16.6. The van der Waals surface area contributed by atoms with E-state index in [1.165, 1.54) is 6.92 Å². The Labute approximate surface area is 123 Å². The lowest BCUT2D eigenvalue weighted by Gasteiger charge is -2.18. The summed E-state index contributed by atoms with van der Waals surface area (Å²) < 4.78 is 25.2. The second-order valence-corrected chi connectivity index (χ2v) is 6.44. The van der Waals surface area contributed by atoms with Crippen molar-refractivity contribution < 1.29 is 27.9 Å². The van der Waals surface area contributed by atoms with Gasteiger partial charge < -0.3 is 16.2 Å². The van der Waals surface area contributed by atoms with Gasteiger partial charge in [-0.2, -0.15) is 0 Å². The van der Waals surface area contributed by atoms with E-state index in [-0.39, 0.29) is 18.6 Å². The number of nitrogens with one attached hydrogen (secondary N) is 2. The van der Waals surface area contributed by atoms with E-state index in [1.807, 2.05) is 0 Å². The molecule has 0 fully saturated rings. The Bertz CT molecular complexity index is 490. The number of carbonyl (C=O) groups is 3. The van der Waals surface area contributed by atoms with Crippen molar-refractivity contribution in [2.75, 3.05) is 5.75 Å². The maximum atomic E-state index is 11.8. The van der Waals surface area contributed by atoms with Crippen molar-refractivity contribution >= 4 is 27.8 Å². The molecular formula is C11H21N3O6S. The van der Waals surface area contributed by atoms with Gasteiger partial charge in [-0.25, -0.2) is 17.9 Å². The second kappa shape index (κ2) is 8.57. The highest BCUT2D eigenvalue weighted by atomic mass is 32.2.